The van der Waals surface area contributed by atoms with E-state index >= 15 is 0 Å². The number of ether oxygens (including phenoxy) is 1. The molecule has 1 N–H and O–H groups in total. The van der Waals surface area contributed by atoms with Crippen molar-refractivity contribution >= 4 is 11.8 Å². The Morgan fingerprint density at radius 3 is 2.86 bits per heavy atom. The summed E-state index contributed by atoms with van der Waals surface area (Å²) in [6.45, 7) is 4.38. The Hall–Kier alpha value is 0.270. The van der Waals surface area contributed by atoms with Gasteiger partial charge in [0.25, 0.3) is 0 Å². The standard InChI is InChI=1S/C11H21NOS/c1-9-11(5-7-13-9)14-8-2-6-12-10-3-4-10/h9-12H,2-8H2,1H3. The SMILES string of the molecule is CC1OCCC1SCCCNC1CC1. The first-order chi connectivity index (χ1) is 6.86. The van der Waals surface area contributed by atoms with E-state index in [1.165, 1.54) is 38.0 Å². The van der Waals surface area contributed by atoms with Crippen molar-refractivity contribution < 1.29 is 4.74 Å². The van der Waals surface area contributed by atoms with Crippen LogP contribution in [-0.2, 0) is 4.74 Å². The van der Waals surface area contributed by atoms with Crippen LogP contribution < -0.4 is 5.32 Å². The van der Waals surface area contributed by atoms with Gasteiger partial charge in [-0.2, -0.15) is 11.8 Å². The third-order valence-electron chi connectivity index (χ3n) is 2.97. The van der Waals surface area contributed by atoms with Gasteiger partial charge in [0.2, 0.25) is 0 Å². The molecule has 2 rings (SSSR count). The number of nitrogens with one attached hydrogen (secondary N) is 1. The highest BCUT2D eigenvalue weighted by atomic mass is 32.2. The Morgan fingerprint density at radius 1 is 1.36 bits per heavy atom. The molecule has 1 aliphatic heterocycles. The van der Waals surface area contributed by atoms with Crippen molar-refractivity contribution in [2.75, 3.05) is 18.9 Å². The molecular formula is C11H21NOS. The second kappa shape index (κ2) is 5.38. The van der Waals surface area contributed by atoms with Crippen LogP contribution in [0, 0.1) is 0 Å². The van der Waals surface area contributed by atoms with Gasteiger partial charge < -0.3 is 10.1 Å². The molecule has 2 atom stereocenters. The molecule has 2 nitrogen and oxygen atoms in total. The summed E-state index contributed by atoms with van der Waals surface area (Å²) < 4.78 is 5.53. The zero-order chi connectivity index (χ0) is 9.80. The van der Waals surface area contributed by atoms with Crippen molar-refractivity contribution in [2.24, 2.45) is 0 Å². The van der Waals surface area contributed by atoms with Crippen LogP contribution in [0.3, 0.4) is 0 Å². The summed E-state index contributed by atoms with van der Waals surface area (Å²) in [6, 6.07) is 0.869. The van der Waals surface area contributed by atoms with Crippen LogP contribution in [0.15, 0.2) is 0 Å². The molecule has 2 aliphatic rings. The summed E-state index contributed by atoms with van der Waals surface area (Å²) in [4.78, 5) is 0. The molecule has 1 saturated heterocycles. The van der Waals surface area contributed by atoms with Gasteiger partial charge in [-0.1, -0.05) is 0 Å². The second-order valence-corrected chi connectivity index (χ2v) is 5.70. The molecule has 3 heteroatoms. The first-order valence-electron chi connectivity index (χ1n) is 5.83. The summed E-state index contributed by atoms with van der Waals surface area (Å²) in [5, 5.41) is 4.31. The molecule has 0 aromatic heterocycles. The lowest BCUT2D eigenvalue weighted by Crippen LogP contribution is -2.19. The third kappa shape index (κ3) is 3.44. The summed E-state index contributed by atoms with van der Waals surface area (Å²) in [6.07, 6.45) is 5.85. The summed E-state index contributed by atoms with van der Waals surface area (Å²) in [7, 11) is 0. The molecule has 0 spiro atoms. The zero-order valence-corrected chi connectivity index (χ0v) is 9.81. The molecular weight excluding hydrogens is 194 g/mol. The van der Waals surface area contributed by atoms with Crippen LogP contribution in [-0.4, -0.2) is 36.3 Å². The smallest absolute Gasteiger partial charge is 0.0666 e. The molecule has 2 fully saturated rings. The lowest BCUT2D eigenvalue weighted by atomic mass is 10.3. The molecule has 0 aromatic rings. The van der Waals surface area contributed by atoms with E-state index in [9.17, 15) is 0 Å². The quantitative estimate of drug-likeness (QED) is 0.685. The topological polar surface area (TPSA) is 21.3 Å². The minimum atomic E-state index is 0.483. The zero-order valence-electron chi connectivity index (χ0n) is 9.00. The number of hydrogen-bond donors (Lipinski definition) is 1. The molecule has 1 heterocycles. The van der Waals surface area contributed by atoms with E-state index in [4.69, 9.17) is 4.74 Å². The second-order valence-electron chi connectivity index (χ2n) is 4.36. The van der Waals surface area contributed by atoms with Crippen molar-refractivity contribution in [1.29, 1.82) is 0 Å². The van der Waals surface area contributed by atoms with E-state index in [1.807, 2.05) is 0 Å². The predicted molar refractivity (Wildman–Crippen MR) is 61.9 cm³/mol. The minimum absolute atomic E-state index is 0.483. The lowest BCUT2D eigenvalue weighted by Gasteiger charge is -2.13. The monoisotopic (exact) mass is 215 g/mol. The van der Waals surface area contributed by atoms with Crippen molar-refractivity contribution in [1.82, 2.24) is 5.32 Å². The highest BCUT2D eigenvalue weighted by molar-refractivity contribution is 7.99. The van der Waals surface area contributed by atoms with Crippen LogP contribution in [0.1, 0.15) is 32.6 Å². The molecule has 82 valence electrons. The van der Waals surface area contributed by atoms with Gasteiger partial charge in [-0.25, -0.2) is 0 Å². The molecule has 0 bridgehead atoms. The molecule has 1 aliphatic carbocycles. The van der Waals surface area contributed by atoms with Crippen molar-refractivity contribution in [3.8, 4) is 0 Å². The van der Waals surface area contributed by atoms with E-state index in [-0.39, 0.29) is 0 Å². The number of hydrogen-bond acceptors (Lipinski definition) is 3. The minimum Gasteiger partial charge on any atom is -0.377 e. The van der Waals surface area contributed by atoms with Crippen LogP contribution in [0.25, 0.3) is 0 Å². The van der Waals surface area contributed by atoms with Crippen molar-refractivity contribution in [2.45, 2.75) is 50.0 Å². The van der Waals surface area contributed by atoms with Crippen LogP contribution >= 0.6 is 11.8 Å². The fourth-order valence-corrected chi connectivity index (χ4v) is 3.06. The molecule has 14 heavy (non-hydrogen) atoms. The Morgan fingerprint density at radius 2 is 2.21 bits per heavy atom. The molecule has 0 aromatic carbocycles. The van der Waals surface area contributed by atoms with Gasteiger partial charge in [0.1, 0.15) is 0 Å². The third-order valence-corrected chi connectivity index (χ3v) is 4.54. The highest BCUT2D eigenvalue weighted by Crippen LogP contribution is 2.26. The fourth-order valence-electron chi connectivity index (χ4n) is 1.83. The molecule has 0 radical (unpaired) electrons. The summed E-state index contributed by atoms with van der Waals surface area (Å²) >= 11 is 2.10. The highest BCUT2D eigenvalue weighted by Gasteiger charge is 2.24. The Bertz CT molecular complexity index is 173. The maximum atomic E-state index is 5.53. The average Bonchev–Trinajstić information content (AvgIpc) is 2.91. The molecule has 2 unspecified atom stereocenters. The Labute approximate surface area is 91.2 Å². The Balaban J connectivity index is 1.45. The van der Waals surface area contributed by atoms with Gasteiger partial charge in [-0.15, -0.1) is 0 Å². The van der Waals surface area contributed by atoms with Crippen LogP contribution in [0.2, 0.25) is 0 Å². The molecule has 1 saturated carbocycles. The maximum absolute atomic E-state index is 5.53. The lowest BCUT2D eigenvalue weighted by molar-refractivity contribution is 0.127. The maximum Gasteiger partial charge on any atom is 0.0666 e. The first-order valence-corrected chi connectivity index (χ1v) is 6.88. The van der Waals surface area contributed by atoms with E-state index in [1.54, 1.807) is 0 Å². The first kappa shape index (κ1) is 10.8. The predicted octanol–water partition coefficient (Wildman–Crippen LogP) is 2.04. The van der Waals surface area contributed by atoms with Gasteiger partial charge >= 0.3 is 0 Å². The summed E-state index contributed by atoms with van der Waals surface area (Å²) in [5.74, 6) is 1.29. The van der Waals surface area contributed by atoms with Crippen molar-refractivity contribution in [3.05, 3.63) is 0 Å². The van der Waals surface area contributed by atoms with Gasteiger partial charge in [-0.3, -0.25) is 0 Å². The van der Waals surface area contributed by atoms with E-state index < -0.39 is 0 Å². The van der Waals surface area contributed by atoms with Gasteiger partial charge in [-0.05, 0) is 44.9 Å². The van der Waals surface area contributed by atoms with Crippen LogP contribution in [0.4, 0.5) is 0 Å². The van der Waals surface area contributed by atoms with E-state index in [0.29, 0.717) is 6.10 Å². The van der Waals surface area contributed by atoms with Gasteiger partial charge in [0.15, 0.2) is 0 Å². The number of thioether (sulfide) groups is 1. The largest absolute Gasteiger partial charge is 0.377 e. The van der Waals surface area contributed by atoms with Gasteiger partial charge in [0.05, 0.1) is 6.10 Å². The van der Waals surface area contributed by atoms with E-state index in [2.05, 4.69) is 24.0 Å². The normalized spacial score (nSPS) is 32.4. The summed E-state index contributed by atoms with van der Waals surface area (Å²) in [5.41, 5.74) is 0. The Kier molecular flexibility index (Phi) is 4.14. The number of rotatable bonds is 6. The van der Waals surface area contributed by atoms with Crippen LogP contribution in [0.5, 0.6) is 0 Å². The fraction of sp³-hybridized carbons (Fsp3) is 1.00. The van der Waals surface area contributed by atoms with E-state index in [0.717, 1.165) is 17.9 Å². The van der Waals surface area contributed by atoms with Gasteiger partial charge in [0, 0.05) is 17.9 Å². The van der Waals surface area contributed by atoms with Crippen molar-refractivity contribution in [3.63, 3.8) is 0 Å². The average molecular weight is 215 g/mol. The molecule has 0 amide bonds.